The summed E-state index contributed by atoms with van der Waals surface area (Å²) in [6.45, 7) is 8.41. The van der Waals surface area contributed by atoms with Crippen LogP contribution in [-0.4, -0.2) is 35.9 Å². The molecule has 2 amide bonds. The van der Waals surface area contributed by atoms with E-state index in [0.717, 1.165) is 11.1 Å². The predicted molar refractivity (Wildman–Crippen MR) is 116 cm³/mol. The first-order chi connectivity index (χ1) is 13.8. The number of hydrogen-bond donors (Lipinski definition) is 1. The third-order valence-corrected chi connectivity index (χ3v) is 4.68. The van der Waals surface area contributed by atoms with Gasteiger partial charge in [0.2, 0.25) is 5.91 Å². The molecule has 0 saturated heterocycles. The van der Waals surface area contributed by atoms with E-state index >= 15 is 0 Å². The molecule has 1 N–H and O–H groups in total. The van der Waals surface area contributed by atoms with Gasteiger partial charge in [-0.3, -0.25) is 9.59 Å². The Labute approximate surface area is 178 Å². The summed E-state index contributed by atoms with van der Waals surface area (Å²) in [5, 5.41) is 3.48. The van der Waals surface area contributed by atoms with Gasteiger partial charge >= 0.3 is 0 Å². The van der Waals surface area contributed by atoms with Crippen LogP contribution >= 0.6 is 11.6 Å². The van der Waals surface area contributed by atoms with Gasteiger partial charge in [0.05, 0.1) is 0 Å². The Morgan fingerprint density at radius 3 is 2.48 bits per heavy atom. The molecule has 0 heterocycles. The van der Waals surface area contributed by atoms with E-state index in [2.05, 4.69) is 5.32 Å². The average Bonchev–Trinajstić information content (AvgIpc) is 2.68. The van der Waals surface area contributed by atoms with E-state index in [-0.39, 0.29) is 25.0 Å². The van der Waals surface area contributed by atoms with E-state index < -0.39 is 6.04 Å². The van der Waals surface area contributed by atoms with E-state index in [1.165, 1.54) is 4.90 Å². The van der Waals surface area contributed by atoms with Crippen LogP contribution in [-0.2, 0) is 16.1 Å². The lowest BCUT2D eigenvalue weighted by Crippen LogP contribution is -2.49. The van der Waals surface area contributed by atoms with Crippen LogP contribution in [0, 0.1) is 12.8 Å². The van der Waals surface area contributed by atoms with Crippen molar-refractivity contribution < 1.29 is 14.3 Å². The predicted octanol–water partition coefficient (Wildman–Crippen LogP) is 4.22. The van der Waals surface area contributed by atoms with E-state index in [9.17, 15) is 9.59 Å². The van der Waals surface area contributed by atoms with Gasteiger partial charge in [0, 0.05) is 18.1 Å². The Balaban J connectivity index is 2.13. The molecule has 6 heteroatoms. The van der Waals surface area contributed by atoms with Crippen molar-refractivity contribution in [2.75, 3.05) is 13.2 Å². The SMILES string of the molecule is Cc1cccc(OCC(=O)N(Cc2cccc(Cl)c2)[C@@H](C)C(=O)NCC(C)C)c1. The number of halogens is 1. The molecule has 0 radical (unpaired) electrons. The Hall–Kier alpha value is -2.53. The summed E-state index contributed by atoms with van der Waals surface area (Å²) < 4.78 is 5.67. The molecule has 156 valence electrons. The summed E-state index contributed by atoms with van der Waals surface area (Å²) in [5.41, 5.74) is 1.90. The average molecular weight is 417 g/mol. The summed E-state index contributed by atoms with van der Waals surface area (Å²) >= 11 is 6.08. The van der Waals surface area contributed by atoms with Gasteiger partial charge in [-0.1, -0.05) is 49.7 Å². The number of carbonyl (C=O) groups is 2. The molecule has 0 fully saturated rings. The highest BCUT2D eigenvalue weighted by Gasteiger charge is 2.26. The van der Waals surface area contributed by atoms with Crippen LogP contribution in [0.2, 0.25) is 5.02 Å². The first-order valence-electron chi connectivity index (χ1n) is 9.77. The minimum Gasteiger partial charge on any atom is -0.484 e. The summed E-state index contributed by atoms with van der Waals surface area (Å²) in [5.74, 6) is 0.495. The van der Waals surface area contributed by atoms with E-state index in [1.807, 2.05) is 51.1 Å². The molecule has 2 aromatic carbocycles. The monoisotopic (exact) mass is 416 g/mol. The number of ether oxygens (including phenoxy) is 1. The highest BCUT2D eigenvalue weighted by molar-refractivity contribution is 6.30. The first-order valence-corrected chi connectivity index (χ1v) is 10.1. The minimum absolute atomic E-state index is 0.147. The third kappa shape index (κ3) is 7.42. The number of carbonyl (C=O) groups excluding carboxylic acids is 2. The number of hydrogen-bond acceptors (Lipinski definition) is 3. The number of nitrogens with one attached hydrogen (secondary N) is 1. The molecule has 5 nitrogen and oxygen atoms in total. The van der Waals surface area contributed by atoms with Gasteiger partial charge < -0.3 is 15.0 Å². The lowest BCUT2D eigenvalue weighted by molar-refractivity contribution is -0.142. The van der Waals surface area contributed by atoms with Crippen molar-refractivity contribution in [3.8, 4) is 5.75 Å². The second kappa shape index (κ2) is 10.9. The zero-order valence-electron chi connectivity index (χ0n) is 17.4. The summed E-state index contributed by atoms with van der Waals surface area (Å²) in [4.78, 5) is 27.1. The van der Waals surface area contributed by atoms with Gasteiger partial charge in [-0.05, 0) is 55.2 Å². The fourth-order valence-electron chi connectivity index (χ4n) is 2.80. The Morgan fingerprint density at radius 1 is 1.10 bits per heavy atom. The molecule has 0 saturated carbocycles. The molecule has 0 aliphatic carbocycles. The van der Waals surface area contributed by atoms with Crippen LogP contribution in [0.4, 0.5) is 0 Å². The molecule has 2 rings (SSSR count). The first kappa shape index (κ1) is 22.8. The summed E-state index contributed by atoms with van der Waals surface area (Å²) in [6, 6.07) is 14.1. The zero-order valence-corrected chi connectivity index (χ0v) is 18.2. The van der Waals surface area contributed by atoms with Crippen molar-refractivity contribution in [3.63, 3.8) is 0 Å². The molecule has 2 aromatic rings. The second-order valence-electron chi connectivity index (χ2n) is 7.57. The molecule has 0 aliphatic rings. The van der Waals surface area contributed by atoms with Gasteiger partial charge in [0.25, 0.3) is 5.91 Å². The highest BCUT2D eigenvalue weighted by atomic mass is 35.5. The lowest BCUT2D eigenvalue weighted by Gasteiger charge is -2.29. The quantitative estimate of drug-likeness (QED) is 0.665. The van der Waals surface area contributed by atoms with Crippen molar-refractivity contribution in [1.82, 2.24) is 10.2 Å². The molecular formula is C23H29ClN2O3. The standard InChI is InChI=1S/C23H29ClN2O3/c1-16(2)13-25-23(28)18(4)26(14-19-8-6-9-20(24)12-19)22(27)15-29-21-10-5-7-17(3)11-21/h5-12,16,18H,13-15H2,1-4H3,(H,25,28)/t18-/m0/s1. The fraction of sp³-hybridized carbons (Fsp3) is 0.391. The van der Waals surface area contributed by atoms with Crippen molar-refractivity contribution in [1.29, 1.82) is 0 Å². The Bertz CT molecular complexity index is 838. The summed E-state index contributed by atoms with van der Waals surface area (Å²) in [6.07, 6.45) is 0. The number of amides is 2. The Morgan fingerprint density at radius 2 is 1.83 bits per heavy atom. The second-order valence-corrected chi connectivity index (χ2v) is 8.01. The molecular weight excluding hydrogens is 388 g/mol. The van der Waals surface area contributed by atoms with Gasteiger partial charge in [0.15, 0.2) is 6.61 Å². The normalized spacial score (nSPS) is 11.8. The molecule has 0 aromatic heterocycles. The Kier molecular flexibility index (Phi) is 8.52. The van der Waals surface area contributed by atoms with Crippen LogP contribution < -0.4 is 10.1 Å². The molecule has 0 aliphatic heterocycles. The van der Waals surface area contributed by atoms with Crippen LogP contribution in [0.1, 0.15) is 31.9 Å². The number of aryl methyl sites for hydroxylation is 1. The summed E-state index contributed by atoms with van der Waals surface area (Å²) in [7, 11) is 0. The van der Waals surface area contributed by atoms with Crippen molar-refractivity contribution in [3.05, 3.63) is 64.7 Å². The molecule has 0 bridgehead atoms. The van der Waals surface area contributed by atoms with Crippen LogP contribution in [0.15, 0.2) is 48.5 Å². The van der Waals surface area contributed by atoms with Gasteiger partial charge in [-0.15, -0.1) is 0 Å². The van der Waals surface area contributed by atoms with Crippen molar-refractivity contribution >= 4 is 23.4 Å². The lowest BCUT2D eigenvalue weighted by atomic mass is 10.1. The third-order valence-electron chi connectivity index (χ3n) is 4.45. The zero-order chi connectivity index (χ0) is 21.4. The van der Waals surface area contributed by atoms with Crippen LogP contribution in [0.3, 0.4) is 0 Å². The number of benzene rings is 2. The molecule has 1 atom stereocenters. The van der Waals surface area contributed by atoms with Gasteiger partial charge in [-0.2, -0.15) is 0 Å². The number of rotatable bonds is 9. The molecule has 0 unspecified atom stereocenters. The van der Waals surface area contributed by atoms with E-state index in [0.29, 0.717) is 23.2 Å². The fourth-order valence-corrected chi connectivity index (χ4v) is 3.01. The van der Waals surface area contributed by atoms with Crippen molar-refractivity contribution in [2.45, 2.75) is 40.3 Å². The topological polar surface area (TPSA) is 58.6 Å². The highest BCUT2D eigenvalue weighted by Crippen LogP contribution is 2.16. The minimum atomic E-state index is -0.638. The van der Waals surface area contributed by atoms with E-state index in [1.54, 1.807) is 25.1 Å². The maximum absolute atomic E-state index is 13.0. The van der Waals surface area contributed by atoms with Crippen molar-refractivity contribution in [2.24, 2.45) is 5.92 Å². The maximum atomic E-state index is 13.0. The largest absolute Gasteiger partial charge is 0.484 e. The van der Waals surface area contributed by atoms with Crippen LogP contribution in [0.5, 0.6) is 5.75 Å². The van der Waals surface area contributed by atoms with Gasteiger partial charge in [-0.25, -0.2) is 0 Å². The maximum Gasteiger partial charge on any atom is 0.261 e. The van der Waals surface area contributed by atoms with Crippen LogP contribution in [0.25, 0.3) is 0 Å². The molecule has 0 spiro atoms. The van der Waals surface area contributed by atoms with E-state index in [4.69, 9.17) is 16.3 Å². The number of nitrogens with zero attached hydrogens (tertiary/aromatic N) is 1. The molecule has 29 heavy (non-hydrogen) atoms. The smallest absolute Gasteiger partial charge is 0.261 e. The van der Waals surface area contributed by atoms with Gasteiger partial charge in [0.1, 0.15) is 11.8 Å².